The van der Waals surface area contributed by atoms with Gasteiger partial charge in [0.15, 0.2) is 5.69 Å². The number of carbonyl (C=O) groups excluding carboxylic acids is 1. The molecule has 1 rings (SSSR count). The van der Waals surface area contributed by atoms with Crippen LogP contribution in [-0.2, 0) is 6.42 Å². The number of nitrogen functional groups attached to an aromatic ring is 1. The third-order valence-corrected chi connectivity index (χ3v) is 1.77. The van der Waals surface area contributed by atoms with E-state index in [-0.39, 0.29) is 24.4 Å². The first-order valence-corrected chi connectivity index (χ1v) is 3.97. The lowest BCUT2D eigenvalue weighted by Crippen LogP contribution is -2.17. The third-order valence-electron chi connectivity index (χ3n) is 1.77. The van der Waals surface area contributed by atoms with Crippen molar-refractivity contribution >= 4 is 11.6 Å². The number of primary amides is 1. The molecule has 1 atom stereocenters. The molecule has 0 spiro atoms. The minimum Gasteiger partial charge on any atom is -0.395 e. The van der Waals surface area contributed by atoms with Crippen molar-refractivity contribution < 1.29 is 15.0 Å². The molecule has 0 aromatic carbocycles. The summed E-state index contributed by atoms with van der Waals surface area (Å²) in [5.41, 5.74) is 11.0. The van der Waals surface area contributed by atoms with E-state index in [2.05, 4.69) is 10.2 Å². The lowest BCUT2D eigenvalue weighted by atomic mass is 10.1. The van der Waals surface area contributed by atoms with E-state index in [1.807, 2.05) is 0 Å². The highest BCUT2D eigenvalue weighted by atomic mass is 16.3. The van der Waals surface area contributed by atoms with Gasteiger partial charge in [0.2, 0.25) is 0 Å². The van der Waals surface area contributed by atoms with Crippen LogP contribution < -0.4 is 11.5 Å². The number of carbonyl (C=O) groups is 1. The third kappa shape index (κ3) is 2.01. The van der Waals surface area contributed by atoms with Crippen LogP contribution in [0.15, 0.2) is 0 Å². The van der Waals surface area contributed by atoms with Crippen molar-refractivity contribution in [3.8, 4) is 0 Å². The smallest absolute Gasteiger partial charge is 0.271 e. The summed E-state index contributed by atoms with van der Waals surface area (Å²) >= 11 is 0. The highest BCUT2D eigenvalue weighted by molar-refractivity contribution is 5.96. The molecule has 0 aliphatic rings. The lowest BCUT2D eigenvalue weighted by Gasteiger charge is -2.04. The van der Waals surface area contributed by atoms with Gasteiger partial charge in [-0.1, -0.05) is 0 Å². The standard InChI is InChI=1S/C7H12N4O3/c8-5-4(1-3(13)2-12)10-11-6(5)7(9)14/h3,12-13H,1-2,8H2,(H2,9,14)(H,10,11). The van der Waals surface area contributed by atoms with Gasteiger partial charge in [-0.2, -0.15) is 5.10 Å². The van der Waals surface area contributed by atoms with Crippen molar-refractivity contribution in [2.45, 2.75) is 12.5 Å². The second-order valence-corrected chi connectivity index (χ2v) is 2.87. The molecule has 14 heavy (non-hydrogen) atoms. The summed E-state index contributed by atoms with van der Waals surface area (Å²) in [6.45, 7) is -0.385. The number of aliphatic hydroxyl groups excluding tert-OH is 2. The number of aromatic amines is 1. The molecule has 0 saturated heterocycles. The summed E-state index contributed by atoms with van der Waals surface area (Å²) in [6.07, 6.45) is -0.832. The molecule has 0 fully saturated rings. The number of nitrogens with one attached hydrogen (secondary N) is 1. The summed E-state index contributed by atoms with van der Waals surface area (Å²) in [7, 11) is 0. The van der Waals surface area contributed by atoms with E-state index < -0.39 is 12.0 Å². The van der Waals surface area contributed by atoms with Gasteiger partial charge in [0.25, 0.3) is 5.91 Å². The van der Waals surface area contributed by atoms with E-state index in [0.29, 0.717) is 5.69 Å². The van der Waals surface area contributed by atoms with Crippen molar-refractivity contribution in [3.05, 3.63) is 11.4 Å². The number of nitrogens with zero attached hydrogens (tertiary/aromatic N) is 1. The molecule has 1 unspecified atom stereocenters. The zero-order chi connectivity index (χ0) is 10.7. The first-order chi connectivity index (χ1) is 6.56. The van der Waals surface area contributed by atoms with Crippen LogP contribution in [0.3, 0.4) is 0 Å². The van der Waals surface area contributed by atoms with Crippen LogP contribution in [0.2, 0.25) is 0 Å². The SMILES string of the molecule is NC(=O)c1n[nH]c(CC(O)CO)c1N. The van der Waals surface area contributed by atoms with Crippen molar-refractivity contribution in [2.24, 2.45) is 5.73 Å². The molecule has 1 aromatic heterocycles. The van der Waals surface area contributed by atoms with Gasteiger partial charge in [-0.15, -0.1) is 0 Å². The molecule has 7 nitrogen and oxygen atoms in total. The quantitative estimate of drug-likeness (QED) is 0.382. The maximum atomic E-state index is 10.7. The van der Waals surface area contributed by atoms with Gasteiger partial charge in [0.1, 0.15) is 0 Å². The molecule has 7 heteroatoms. The second-order valence-electron chi connectivity index (χ2n) is 2.87. The van der Waals surface area contributed by atoms with Crippen LogP contribution in [-0.4, -0.2) is 39.0 Å². The summed E-state index contributed by atoms with van der Waals surface area (Å²) in [5, 5.41) is 23.8. The molecule has 78 valence electrons. The first kappa shape index (κ1) is 10.5. The maximum absolute atomic E-state index is 10.7. The van der Waals surface area contributed by atoms with Gasteiger partial charge >= 0.3 is 0 Å². The van der Waals surface area contributed by atoms with Gasteiger partial charge in [-0.05, 0) is 0 Å². The molecule has 1 amide bonds. The number of hydrogen-bond acceptors (Lipinski definition) is 5. The Morgan fingerprint density at radius 1 is 1.64 bits per heavy atom. The number of aliphatic hydroxyl groups is 2. The van der Waals surface area contributed by atoms with E-state index in [1.54, 1.807) is 0 Å². The van der Waals surface area contributed by atoms with Crippen LogP contribution in [0, 0.1) is 0 Å². The summed E-state index contributed by atoms with van der Waals surface area (Å²) in [6, 6.07) is 0. The van der Waals surface area contributed by atoms with Gasteiger partial charge in [0.05, 0.1) is 24.1 Å². The largest absolute Gasteiger partial charge is 0.395 e. The Bertz CT molecular complexity index is 336. The fourth-order valence-corrected chi connectivity index (χ4v) is 1.03. The van der Waals surface area contributed by atoms with E-state index in [1.165, 1.54) is 0 Å². The topological polar surface area (TPSA) is 138 Å². The fraction of sp³-hybridized carbons (Fsp3) is 0.429. The number of anilines is 1. The summed E-state index contributed by atoms with van der Waals surface area (Å²) < 4.78 is 0. The zero-order valence-electron chi connectivity index (χ0n) is 7.40. The molecule has 0 bridgehead atoms. The van der Waals surface area contributed by atoms with E-state index in [0.717, 1.165) is 0 Å². The molecule has 1 aromatic rings. The second kappa shape index (κ2) is 4.07. The van der Waals surface area contributed by atoms with Crippen molar-refractivity contribution in [2.75, 3.05) is 12.3 Å². The van der Waals surface area contributed by atoms with Gasteiger partial charge in [0, 0.05) is 6.42 Å². The van der Waals surface area contributed by atoms with Crippen molar-refractivity contribution in [1.82, 2.24) is 10.2 Å². The molecular weight excluding hydrogens is 188 g/mol. The minimum absolute atomic E-state index is 0.0508. The number of aromatic nitrogens is 2. The molecule has 0 radical (unpaired) electrons. The Morgan fingerprint density at radius 2 is 2.29 bits per heavy atom. The Labute approximate surface area is 79.7 Å². The highest BCUT2D eigenvalue weighted by Crippen LogP contribution is 2.14. The fourth-order valence-electron chi connectivity index (χ4n) is 1.03. The number of rotatable bonds is 4. The average molecular weight is 200 g/mol. The molecule has 0 aliphatic carbocycles. The first-order valence-electron chi connectivity index (χ1n) is 3.97. The monoisotopic (exact) mass is 200 g/mol. The van der Waals surface area contributed by atoms with E-state index >= 15 is 0 Å². The lowest BCUT2D eigenvalue weighted by molar-refractivity contribution is 0.0948. The summed E-state index contributed by atoms with van der Waals surface area (Å²) in [5.74, 6) is -0.733. The average Bonchev–Trinajstić information content (AvgIpc) is 2.48. The van der Waals surface area contributed by atoms with Gasteiger partial charge in [-0.25, -0.2) is 0 Å². The number of nitrogens with two attached hydrogens (primary N) is 2. The number of hydrogen-bond donors (Lipinski definition) is 5. The highest BCUT2D eigenvalue weighted by Gasteiger charge is 2.16. The molecular formula is C7H12N4O3. The van der Waals surface area contributed by atoms with Crippen LogP contribution in [0.1, 0.15) is 16.2 Å². The number of H-pyrrole nitrogens is 1. The van der Waals surface area contributed by atoms with E-state index in [4.69, 9.17) is 21.7 Å². The van der Waals surface area contributed by atoms with Gasteiger partial charge < -0.3 is 21.7 Å². The van der Waals surface area contributed by atoms with Crippen LogP contribution in [0.5, 0.6) is 0 Å². The van der Waals surface area contributed by atoms with Crippen molar-refractivity contribution in [3.63, 3.8) is 0 Å². The Morgan fingerprint density at radius 3 is 2.71 bits per heavy atom. The molecule has 1 heterocycles. The molecule has 7 N–H and O–H groups in total. The van der Waals surface area contributed by atoms with Crippen LogP contribution in [0.25, 0.3) is 0 Å². The predicted molar refractivity (Wildman–Crippen MR) is 48.3 cm³/mol. The Kier molecular flexibility index (Phi) is 3.05. The van der Waals surface area contributed by atoms with Crippen LogP contribution in [0.4, 0.5) is 5.69 Å². The van der Waals surface area contributed by atoms with Crippen LogP contribution >= 0.6 is 0 Å². The zero-order valence-corrected chi connectivity index (χ0v) is 7.40. The summed E-state index contributed by atoms with van der Waals surface area (Å²) in [4.78, 5) is 10.7. The molecule has 0 aliphatic heterocycles. The van der Waals surface area contributed by atoms with Gasteiger partial charge in [-0.3, -0.25) is 9.89 Å². The molecule has 0 saturated carbocycles. The normalized spacial score (nSPS) is 12.7. The predicted octanol–water partition coefficient (Wildman–Crippen LogP) is -2.01. The Hall–Kier alpha value is -1.60. The number of amides is 1. The van der Waals surface area contributed by atoms with Crippen molar-refractivity contribution in [1.29, 1.82) is 0 Å². The Balaban J connectivity index is 2.84. The minimum atomic E-state index is -0.932. The van der Waals surface area contributed by atoms with E-state index in [9.17, 15) is 4.79 Å². The maximum Gasteiger partial charge on any atom is 0.271 e.